The molecule has 0 aliphatic rings. The number of nitrogens with zero attached hydrogens (tertiary/aromatic N) is 3. The number of rotatable bonds is 5. The third-order valence-corrected chi connectivity index (χ3v) is 4.28. The standard InChI is InChI=1S/C21H16N4O3/c1-28-17-10-7-15(8-11-17)22-21-23-19-12-9-16(25(26)27)13-18(19)20(24-21)14-5-3-2-4-6-14/h2-13H,1H3,(H,22,23,24). The van der Waals surface area contributed by atoms with E-state index in [9.17, 15) is 10.1 Å². The molecule has 1 aromatic heterocycles. The fraction of sp³-hybridized carbons (Fsp3) is 0.0476. The van der Waals surface area contributed by atoms with Crippen LogP contribution in [0.2, 0.25) is 0 Å². The van der Waals surface area contributed by atoms with Crippen molar-refractivity contribution in [2.24, 2.45) is 0 Å². The van der Waals surface area contributed by atoms with Crippen LogP contribution in [0.4, 0.5) is 17.3 Å². The number of nitro benzene ring substituents is 1. The maximum Gasteiger partial charge on any atom is 0.270 e. The van der Waals surface area contributed by atoms with E-state index < -0.39 is 4.92 Å². The quantitative estimate of drug-likeness (QED) is 0.393. The Morgan fingerprint density at radius 3 is 2.39 bits per heavy atom. The lowest BCUT2D eigenvalue weighted by molar-refractivity contribution is -0.384. The molecule has 0 atom stereocenters. The summed E-state index contributed by atoms with van der Waals surface area (Å²) >= 11 is 0. The monoisotopic (exact) mass is 372 g/mol. The van der Waals surface area contributed by atoms with Gasteiger partial charge in [-0.15, -0.1) is 0 Å². The molecule has 0 aliphatic carbocycles. The Balaban J connectivity index is 1.84. The Morgan fingerprint density at radius 1 is 0.964 bits per heavy atom. The summed E-state index contributed by atoms with van der Waals surface area (Å²) in [7, 11) is 1.61. The number of hydrogen-bond donors (Lipinski definition) is 1. The van der Waals surface area contributed by atoms with E-state index in [1.54, 1.807) is 13.2 Å². The van der Waals surface area contributed by atoms with Gasteiger partial charge in [0.2, 0.25) is 5.95 Å². The molecular formula is C21H16N4O3. The number of anilines is 2. The highest BCUT2D eigenvalue weighted by atomic mass is 16.6. The number of non-ortho nitro benzene ring substituents is 1. The second-order valence-corrected chi connectivity index (χ2v) is 6.07. The SMILES string of the molecule is COc1ccc(Nc2nc(-c3ccccc3)c3cc([N+](=O)[O-])ccc3n2)cc1. The van der Waals surface area contributed by atoms with Gasteiger partial charge in [-0.05, 0) is 30.3 Å². The van der Waals surface area contributed by atoms with Gasteiger partial charge < -0.3 is 10.1 Å². The van der Waals surface area contributed by atoms with Crippen LogP contribution in [0.5, 0.6) is 5.75 Å². The Kier molecular flexibility index (Phi) is 4.55. The number of fused-ring (bicyclic) bond motifs is 1. The normalized spacial score (nSPS) is 10.6. The van der Waals surface area contributed by atoms with Crippen LogP contribution < -0.4 is 10.1 Å². The van der Waals surface area contributed by atoms with Crippen LogP contribution in [0.1, 0.15) is 0 Å². The maximum absolute atomic E-state index is 11.2. The second kappa shape index (κ2) is 7.32. The van der Waals surface area contributed by atoms with Gasteiger partial charge in [-0.2, -0.15) is 0 Å². The van der Waals surface area contributed by atoms with E-state index in [0.717, 1.165) is 17.0 Å². The number of methoxy groups -OCH3 is 1. The molecule has 4 rings (SSSR count). The lowest BCUT2D eigenvalue weighted by Crippen LogP contribution is -2.00. The molecule has 1 heterocycles. The molecule has 0 amide bonds. The number of ether oxygens (including phenoxy) is 1. The van der Waals surface area contributed by atoms with Crippen LogP contribution in [0, 0.1) is 10.1 Å². The van der Waals surface area contributed by atoms with Gasteiger partial charge in [-0.25, -0.2) is 9.97 Å². The topological polar surface area (TPSA) is 90.2 Å². The van der Waals surface area contributed by atoms with E-state index in [1.807, 2.05) is 54.6 Å². The van der Waals surface area contributed by atoms with Crippen LogP contribution in [-0.4, -0.2) is 22.0 Å². The predicted octanol–water partition coefficient (Wildman–Crippen LogP) is 4.96. The van der Waals surface area contributed by atoms with Gasteiger partial charge in [-0.1, -0.05) is 30.3 Å². The van der Waals surface area contributed by atoms with Crippen LogP contribution in [0.3, 0.4) is 0 Å². The fourth-order valence-corrected chi connectivity index (χ4v) is 2.91. The van der Waals surface area contributed by atoms with Crippen LogP contribution in [0.25, 0.3) is 22.2 Å². The largest absolute Gasteiger partial charge is 0.497 e. The molecule has 0 unspecified atom stereocenters. The zero-order valence-corrected chi connectivity index (χ0v) is 15.0. The Hall–Kier alpha value is -4.00. The molecule has 7 nitrogen and oxygen atoms in total. The zero-order chi connectivity index (χ0) is 19.5. The van der Waals surface area contributed by atoms with Crippen molar-refractivity contribution in [3.63, 3.8) is 0 Å². The molecule has 0 bridgehead atoms. The van der Waals surface area contributed by atoms with Crippen molar-refractivity contribution in [2.75, 3.05) is 12.4 Å². The summed E-state index contributed by atoms with van der Waals surface area (Å²) in [4.78, 5) is 19.9. The van der Waals surface area contributed by atoms with Crippen molar-refractivity contribution in [2.45, 2.75) is 0 Å². The van der Waals surface area contributed by atoms with Crippen molar-refractivity contribution < 1.29 is 9.66 Å². The molecular weight excluding hydrogens is 356 g/mol. The number of nitrogens with one attached hydrogen (secondary N) is 1. The Morgan fingerprint density at radius 2 is 1.71 bits per heavy atom. The first kappa shape index (κ1) is 17.4. The van der Waals surface area contributed by atoms with E-state index in [2.05, 4.69) is 15.3 Å². The number of aromatic nitrogens is 2. The Labute approximate surface area is 160 Å². The number of benzene rings is 3. The van der Waals surface area contributed by atoms with E-state index in [4.69, 9.17) is 4.74 Å². The Bertz CT molecular complexity index is 1150. The molecule has 138 valence electrons. The molecule has 0 radical (unpaired) electrons. The fourth-order valence-electron chi connectivity index (χ4n) is 2.91. The third-order valence-electron chi connectivity index (χ3n) is 4.28. The van der Waals surface area contributed by atoms with Gasteiger partial charge in [-0.3, -0.25) is 10.1 Å². The highest BCUT2D eigenvalue weighted by Crippen LogP contribution is 2.30. The molecule has 0 saturated heterocycles. The molecule has 28 heavy (non-hydrogen) atoms. The van der Waals surface area contributed by atoms with Crippen molar-refractivity contribution in [3.8, 4) is 17.0 Å². The second-order valence-electron chi connectivity index (χ2n) is 6.07. The summed E-state index contributed by atoms with van der Waals surface area (Å²) in [6.45, 7) is 0. The number of hydrogen-bond acceptors (Lipinski definition) is 6. The van der Waals surface area contributed by atoms with Crippen molar-refractivity contribution in [1.29, 1.82) is 0 Å². The molecule has 0 saturated carbocycles. The average molecular weight is 372 g/mol. The molecule has 0 aliphatic heterocycles. The minimum Gasteiger partial charge on any atom is -0.497 e. The first-order chi connectivity index (χ1) is 13.6. The molecule has 3 aromatic carbocycles. The minimum absolute atomic E-state index is 0.00384. The first-order valence-electron chi connectivity index (χ1n) is 8.57. The predicted molar refractivity (Wildman–Crippen MR) is 108 cm³/mol. The van der Waals surface area contributed by atoms with E-state index >= 15 is 0 Å². The number of nitro groups is 1. The summed E-state index contributed by atoms with van der Waals surface area (Å²) in [6.07, 6.45) is 0. The van der Waals surface area contributed by atoms with Crippen LogP contribution in [-0.2, 0) is 0 Å². The maximum atomic E-state index is 11.2. The van der Waals surface area contributed by atoms with Gasteiger partial charge >= 0.3 is 0 Å². The van der Waals surface area contributed by atoms with Gasteiger partial charge in [0.25, 0.3) is 5.69 Å². The van der Waals surface area contributed by atoms with E-state index in [0.29, 0.717) is 22.5 Å². The van der Waals surface area contributed by atoms with Gasteiger partial charge in [0.05, 0.1) is 23.2 Å². The zero-order valence-electron chi connectivity index (χ0n) is 15.0. The van der Waals surface area contributed by atoms with Crippen molar-refractivity contribution in [3.05, 3.63) is 82.9 Å². The minimum atomic E-state index is -0.419. The molecule has 0 spiro atoms. The molecule has 7 heteroatoms. The molecule has 1 N–H and O–H groups in total. The third kappa shape index (κ3) is 3.45. The summed E-state index contributed by atoms with van der Waals surface area (Å²) < 4.78 is 5.17. The average Bonchev–Trinajstić information content (AvgIpc) is 2.74. The molecule has 4 aromatic rings. The summed E-state index contributed by atoms with van der Waals surface area (Å²) in [5.41, 5.74) is 2.92. The summed E-state index contributed by atoms with van der Waals surface area (Å²) in [5.74, 6) is 1.16. The lowest BCUT2D eigenvalue weighted by atomic mass is 10.1. The highest BCUT2D eigenvalue weighted by molar-refractivity contribution is 5.94. The van der Waals surface area contributed by atoms with Gasteiger partial charge in [0.1, 0.15) is 5.75 Å². The van der Waals surface area contributed by atoms with E-state index in [1.165, 1.54) is 12.1 Å². The first-order valence-corrected chi connectivity index (χ1v) is 8.57. The van der Waals surface area contributed by atoms with Gasteiger partial charge in [0, 0.05) is 28.8 Å². The summed E-state index contributed by atoms with van der Waals surface area (Å²) in [5, 5.41) is 15.0. The van der Waals surface area contributed by atoms with Crippen LogP contribution in [0.15, 0.2) is 72.8 Å². The lowest BCUT2D eigenvalue weighted by Gasteiger charge is -2.11. The van der Waals surface area contributed by atoms with Crippen molar-refractivity contribution >= 4 is 28.2 Å². The van der Waals surface area contributed by atoms with E-state index in [-0.39, 0.29) is 5.69 Å². The smallest absolute Gasteiger partial charge is 0.270 e. The summed E-state index contributed by atoms with van der Waals surface area (Å²) in [6, 6.07) is 21.5. The van der Waals surface area contributed by atoms with Crippen LogP contribution >= 0.6 is 0 Å². The van der Waals surface area contributed by atoms with Gasteiger partial charge in [0.15, 0.2) is 0 Å². The molecule has 0 fully saturated rings. The highest BCUT2D eigenvalue weighted by Gasteiger charge is 2.14. The van der Waals surface area contributed by atoms with Crippen molar-refractivity contribution in [1.82, 2.24) is 9.97 Å².